The molecule has 2 fully saturated rings. The van der Waals surface area contributed by atoms with Gasteiger partial charge in [0.2, 0.25) is 5.91 Å². The van der Waals surface area contributed by atoms with Crippen molar-refractivity contribution >= 4 is 5.91 Å². The number of rotatable bonds is 2. The minimum absolute atomic E-state index is 0.111. The van der Waals surface area contributed by atoms with E-state index in [2.05, 4.69) is 22.8 Å². The van der Waals surface area contributed by atoms with Crippen LogP contribution in [0.5, 0.6) is 5.75 Å². The number of methoxy groups -OCH3 is 1. The Morgan fingerprint density at radius 1 is 1.30 bits per heavy atom. The van der Waals surface area contributed by atoms with Gasteiger partial charge in [-0.05, 0) is 49.0 Å². The van der Waals surface area contributed by atoms with Crippen molar-refractivity contribution in [3.05, 3.63) is 29.8 Å². The van der Waals surface area contributed by atoms with Gasteiger partial charge in [-0.1, -0.05) is 12.1 Å². The molecule has 0 aromatic heterocycles. The number of hydrogen-bond acceptors (Lipinski definition) is 3. The smallest absolute Gasteiger partial charge is 0.220 e. The van der Waals surface area contributed by atoms with Crippen molar-refractivity contribution in [3.63, 3.8) is 0 Å². The lowest BCUT2D eigenvalue weighted by Crippen LogP contribution is -2.51. The van der Waals surface area contributed by atoms with E-state index in [1.165, 1.54) is 5.56 Å². The largest absolute Gasteiger partial charge is 0.497 e. The first-order valence-electron chi connectivity index (χ1n) is 7.35. The van der Waals surface area contributed by atoms with Gasteiger partial charge in [-0.3, -0.25) is 4.79 Å². The van der Waals surface area contributed by atoms with Crippen LogP contribution in [0.15, 0.2) is 24.3 Å². The molecule has 1 amide bonds. The average molecular weight is 274 g/mol. The molecular weight excluding hydrogens is 252 g/mol. The van der Waals surface area contributed by atoms with Gasteiger partial charge in [0.1, 0.15) is 5.75 Å². The topological polar surface area (TPSA) is 50.4 Å². The quantitative estimate of drug-likeness (QED) is 0.862. The molecule has 2 heterocycles. The van der Waals surface area contributed by atoms with E-state index >= 15 is 0 Å². The second-order valence-electron chi connectivity index (χ2n) is 5.92. The first-order chi connectivity index (χ1) is 9.73. The molecule has 0 bridgehead atoms. The average Bonchev–Trinajstić information content (AvgIpc) is 2.48. The summed E-state index contributed by atoms with van der Waals surface area (Å²) in [5, 5.41) is 6.45. The summed E-state index contributed by atoms with van der Waals surface area (Å²) in [7, 11) is 1.70. The number of benzene rings is 1. The van der Waals surface area contributed by atoms with E-state index in [0.29, 0.717) is 12.3 Å². The summed E-state index contributed by atoms with van der Waals surface area (Å²) in [6.45, 7) is 2.76. The molecule has 1 atom stereocenters. The van der Waals surface area contributed by atoms with E-state index in [1.807, 2.05) is 12.1 Å². The van der Waals surface area contributed by atoms with Crippen molar-refractivity contribution in [2.24, 2.45) is 5.41 Å². The lowest BCUT2D eigenvalue weighted by Gasteiger charge is -2.46. The molecule has 2 N–H and O–H groups in total. The summed E-state index contributed by atoms with van der Waals surface area (Å²) in [5.74, 6) is 1.48. The highest BCUT2D eigenvalue weighted by atomic mass is 16.5. The second-order valence-corrected chi connectivity index (χ2v) is 5.92. The standard InChI is InChI=1S/C16H22N2O2/c1-20-13-4-2-3-12(9-13)14-11-18-15(19)10-16(14)5-7-17-8-6-16/h2-4,9,14,17H,5-8,10-11H2,1H3,(H,18,19). The van der Waals surface area contributed by atoms with E-state index in [9.17, 15) is 4.79 Å². The molecule has 2 aliphatic heterocycles. The molecule has 3 rings (SSSR count). The first-order valence-corrected chi connectivity index (χ1v) is 7.35. The van der Waals surface area contributed by atoms with Crippen molar-refractivity contribution in [2.45, 2.75) is 25.2 Å². The Kier molecular flexibility index (Phi) is 3.66. The Balaban J connectivity index is 1.93. The fourth-order valence-corrected chi connectivity index (χ4v) is 3.72. The van der Waals surface area contributed by atoms with Gasteiger partial charge in [0, 0.05) is 18.9 Å². The zero-order valence-corrected chi connectivity index (χ0v) is 11.9. The van der Waals surface area contributed by atoms with Crippen LogP contribution in [0.3, 0.4) is 0 Å². The van der Waals surface area contributed by atoms with Crippen LogP contribution in [0.2, 0.25) is 0 Å². The van der Waals surface area contributed by atoms with Gasteiger partial charge in [-0.25, -0.2) is 0 Å². The summed E-state index contributed by atoms with van der Waals surface area (Å²) in [5.41, 5.74) is 1.39. The van der Waals surface area contributed by atoms with Crippen molar-refractivity contribution in [2.75, 3.05) is 26.7 Å². The third-order valence-corrected chi connectivity index (χ3v) is 4.85. The van der Waals surface area contributed by atoms with Crippen molar-refractivity contribution < 1.29 is 9.53 Å². The number of nitrogens with one attached hydrogen (secondary N) is 2. The molecule has 0 radical (unpaired) electrons. The third kappa shape index (κ3) is 2.40. The van der Waals surface area contributed by atoms with E-state index in [0.717, 1.165) is 38.2 Å². The molecule has 1 aromatic carbocycles. The van der Waals surface area contributed by atoms with E-state index in [1.54, 1.807) is 7.11 Å². The molecule has 108 valence electrons. The highest BCUT2D eigenvalue weighted by Crippen LogP contribution is 2.47. The number of ether oxygens (including phenoxy) is 1. The summed E-state index contributed by atoms with van der Waals surface area (Å²) < 4.78 is 5.34. The SMILES string of the molecule is COc1cccc(C2CNC(=O)CC23CCNCC3)c1. The molecule has 1 unspecified atom stereocenters. The molecule has 20 heavy (non-hydrogen) atoms. The Morgan fingerprint density at radius 2 is 2.10 bits per heavy atom. The second kappa shape index (κ2) is 5.44. The molecule has 2 saturated heterocycles. The van der Waals surface area contributed by atoms with Crippen molar-refractivity contribution in [1.82, 2.24) is 10.6 Å². The zero-order chi connectivity index (χ0) is 14.0. The van der Waals surface area contributed by atoms with Crippen LogP contribution in [-0.4, -0.2) is 32.7 Å². The Morgan fingerprint density at radius 3 is 2.85 bits per heavy atom. The molecule has 0 saturated carbocycles. The summed E-state index contributed by atoms with van der Waals surface area (Å²) in [6.07, 6.45) is 2.79. The van der Waals surface area contributed by atoms with E-state index in [4.69, 9.17) is 4.74 Å². The molecule has 4 nitrogen and oxygen atoms in total. The number of amides is 1. The maximum absolute atomic E-state index is 11.9. The Hall–Kier alpha value is -1.55. The Bertz CT molecular complexity index is 495. The van der Waals surface area contributed by atoms with Crippen LogP contribution in [0.25, 0.3) is 0 Å². The van der Waals surface area contributed by atoms with Crippen LogP contribution in [0, 0.1) is 5.41 Å². The lowest BCUT2D eigenvalue weighted by molar-refractivity contribution is -0.127. The monoisotopic (exact) mass is 274 g/mol. The first kappa shape index (κ1) is 13.4. The summed E-state index contributed by atoms with van der Waals surface area (Å²) in [6, 6.07) is 8.29. The normalized spacial score (nSPS) is 25.2. The molecule has 0 aliphatic carbocycles. The van der Waals surface area contributed by atoms with Gasteiger partial charge in [0.05, 0.1) is 7.11 Å². The van der Waals surface area contributed by atoms with Gasteiger partial charge in [-0.2, -0.15) is 0 Å². The summed E-state index contributed by atoms with van der Waals surface area (Å²) >= 11 is 0. The van der Waals surface area contributed by atoms with Crippen LogP contribution in [0.4, 0.5) is 0 Å². The van der Waals surface area contributed by atoms with Gasteiger partial charge >= 0.3 is 0 Å². The van der Waals surface area contributed by atoms with Crippen LogP contribution in [-0.2, 0) is 4.79 Å². The number of piperidine rings is 2. The highest BCUT2D eigenvalue weighted by molar-refractivity contribution is 5.78. The maximum atomic E-state index is 11.9. The highest BCUT2D eigenvalue weighted by Gasteiger charge is 2.44. The predicted molar refractivity (Wildman–Crippen MR) is 77.9 cm³/mol. The maximum Gasteiger partial charge on any atom is 0.220 e. The van der Waals surface area contributed by atoms with E-state index < -0.39 is 0 Å². The molecule has 1 spiro atoms. The molecular formula is C16H22N2O2. The molecule has 1 aromatic rings. The van der Waals surface area contributed by atoms with Gasteiger partial charge < -0.3 is 15.4 Å². The minimum atomic E-state index is 0.111. The number of carbonyl (C=O) groups is 1. The van der Waals surface area contributed by atoms with Crippen molar-refractivity contribution in [3.8, 4) is 5.75 Å². The minimum Gasteiger partial charge on any atom is -0.497 e. The molecule has 2 aliphatic rings. The predicted octanol–water partition coefficient (Wildman–Crippen LogP) is 1.67. The summed E-state index contributed by atoms with van der Waals surface area (Å²) in [4.78, 5) is 11.9. The molecule has 4 heteroatoms. The number of hydrogen-bond donors (Lipinski definition) is 2. The third-order valence-electron chi connectivity index (χ3n) is 4.85. The fraction of sp³-hybridized carbons (Fsp3) is 0.562. The number of carbonyl (C=O) groups excluding carboxylic acids is 1. The van der Waals surface area contributed by atoms with Gasteiger partial charge in [0.15, 0.2) is 0 Å². The zero-order valence-electron chi connectivity index (χ0n) is 11.9. The van der Waals surface area contributed by atoms with Crippen molar-refractivity contribution in [1.29, 1.82) is 0 Å². The van der Waals surface area contributed by atoms with Gasteiger partial charge in [0.25, 0.3) is 0 Å². The van der Waals surface area contributed by atoms with E-state index in [-0.39, 0.29) is 11.3 Å². The van der Waals surface area contributed by atoms with Crippen LogP contribution < -0.4 is 15.4 Å². The Labute approximate surface area is 119 Å². The van der Waals surface area contributed by atoms with Gasteiger partial charge in [-0.15, -0.1) is 0 Å². The lowest BCUT2D eigenvalue weighted by atomic mass is 9.63. The fourth-order valence-electron chi connectivity index (χ4n) is 3.72. The van der Waals surface area contributed by atoms with Crippen LogP contribution >= 0.6 is 0 Å². The van der Waals surface area contributed by atoms with Crippen LogP contribution in [0.1, 0.15) is 30.7 Å².